The van der Waals surface area contributed by atoms with Crippen LogP contribution in [-0.4, -0.2) is 54.3 Å². The van der Waals surface area contributed by atoms with Crippen molar-refractivity contribution in [2.75, 3.05) is 27.2 Å². The van der Waals surface area contributed by atoms with E-state index in [4.69, 9.17) is 0 Å². The third kappa shape index (κ3) is 6.26. The first kappa shape index (κ1) is 22.2. The highest BCUT2D eigenvalue weighted by molar-refractivity contribution is 5.91. The second kappa shape index (κ2) is 9.57. The van der Waals surface area contributed by atoms with Crippen molar-refractivity contribution in [1.82, 2.24) is 20.2 Å². The summed E-state index contributed by atoms with van der Waals surface area (Å²) in [7, 11) is 3.79. The van der Waals surface area contributed by atoms with E-state index in [1.165, 1.54) is 18.3 Å². The number of likely N-dealkylation sites (N-methyl/N-ethyl adjacent to an activating group) is 1. The van der Waals surface area contributed by atoms with E-state index < -0.39 is 12.3 Å². The van der Waals surface area contributed by atoms with Crippen LogP contribution in [0, 0.1) is 0 Å². The highest BCUT2D eigenvalue weighted by Crippen LogP contribution is 2.35. The van der Waals surface area contributed by atoms with Crippen LogP contribution in [0.25, 0.3) is 22.4 Å². The summed E-state index contributed by atoms with van der Waals surface area (Å²) in [5, 5.41) is 2.75. The van der Waals surface area contributed by atoms with Crippen LogP contribution >= 0.6 is 0 Å². The zero-order valence-electron chi connectivity index (χ0n) is 17.0. The molecule has 0 atom stereocenters. The van der Waals surface area contributed by atoms with Gasteiger partial charge in [0.1, 0.15) is 5.75 Å². The molecule has 3 rings (SSSR count). The zero-order chi connectivity index (χ0) is 22.4. The number of amides is 1. The van der Waals surface area contributed by atoms with E-state index in [9.17, 15) is 18.0 Å². The number of ether oxygens (including phenoxy) is 1. The third-order valence-electron chi connectivity index (χ3n) is 4.29. The Kier molecular flexibility index (Phi) is 6.86. The Morgan fingerprint density at radius 1 is 1.06 bits per heavy atom. The maximum absolute atomic E-state index is 12.8. The largest absolute Gasteiger partial charge is 0.573 e. The second-order valence-corrected chi connectivity index (χ2v) is 6.95. The fraction of sp³-hybridized carbons (Fsp3) is 0.227. The molecule has 0 aliphatic heterocycles. The van der Waals surface area contributed by atoms with Crippen molar-refractivity contribution in [3.05, 3.63) is 66.6 Å². The number of carbonyl (C=O) groups is 1. The lowest BCUT2D eigenvalue weighted by atomic mass is 10.0. The van der Waals surface area contributed by atoms with Gasteiger partial charge in [0.15, 0.2) is 0 Å². The summed E-state index contributed by atoms with van der Waals surface area (Å²) in [6.45, 7) is 1.12. The lowest BCUT2D eigenvalue weighted by Crippen LogP contribution is -2.32. The molecule has 0 fully saturated rings. The maximum Gasteiger partial charge on any atom is 0.573 e. The van der Waals surface area contributed by atoms with Crippen LogP contribution in [0.4, 0.5) is 13.2 Å². The smallest absolute Gasteiger partial charge is 0.405 e. The first-order valence-corrected chi connectivity index (χ1v) is 9.44. The van der Waals surface area contributed by atoms with Gasteiger partial charge in [0.25, 0.3) is 5.91 Å². The molecule has 162 valence electrons. The van der Waals surface area contributed by atoms with Crippen molar-refractivity contribution in [1.29, 1.82) is 0 Å². The maximum atomic E-state index is 12.8. The Balaban J connectivity index is 1.87. The molecule has 0 aliphatic carbocycles. The molecular weight excluding hydrogens is 409 g/mol. The highest BCUT2D eigenvalue weighted by atomic mass is 19.4. The molecule has 0 unspecified atom stereocenters. The number of alkyl halides is 3. The van der Waals surface area contributed by atoms with Crippen LogP contribution < -0.4 is 10.1 Å². The SMILES string of the molecule is CN(C)CCNC(=O)c1nccc(-c2cccc(-c3ccccc3OC(F)(F)F)c2)n1. The highest BCUT2D eigenvalue weighted by Gasteiger charge is 2.32. The molecule has 1 heterocycles. The third-order valence-corrected chi connectivity index (χ3v) is 4.29. The van der Waals surface area contributed by atoms with Crippen LogP contribution in [0.3, 0.4) is 0 Å². The first-order valence-electron chi connectivity index (χ1n) is 9.44. The minimum atomic E-state index is -4.80. The molecule has 6 nitrogen and oxygen atoms in total. The molecule has 31 heavy (non-hydrogen) atoms. The molecule has 0 radical (unpaired) electrons. The Morgan fingerprint density at radius 2 is 1.81 bits per heavy atom. The van der Waals surface area contributed by atoms with Crippen molar-refractivity contribution in [2.24, 2.45) is 0 Å². The fourth-order valence-electron chi connectivity index (χ4n) is 2.87. The number of nitrogens with one attached hydrogen (secondary N) is 1. The Morgan fingerprint density at radius 3 is 2.55 bits per heavy atom. The number of rotatable bonds is 7. The number of para-hydroxylation sites is 1. The Bertz CT molecular complexity index is 1050. The van der Waals surface area contributed by atoms with Crippen LogP contribution in [0.15, 0.2) is 60.8 Å². The van der Waals surface area contributed by atoms with Crippen molar-refractivity contribution < 1.29 is 22.7 Å². The molecule has 0 bridgehead atoms. The normalized spacial score (nSPS) is 11.4. The van der Waals surface area contributed by atoms with Gasteiger partial charge in [-0.2, -0.15) is 0 Å². The van der Waals surface area contributed by atoms with Gasteiger partial charge in [0.05, 0.1) is 5.69 Å². The summed E-state index contributed by atoms with van der Waals surface area (Å²) in [4.78, 5) is 22.6. The van der Waals surface area contributed by atoms with E-state index in [0.29, 0.717) is 29.9 Å². The predicted octanol–water partition coefficient (Wildman–Crippen LogP) is 4.00. The van der Waals surface area contributed by atoms with Gasteiger partial charge in [-0.1, -0.05) is 36.4 Å². The van der Waals surface area contributed by atoms with Crippen molar-refractivity contribution in [3.8, 4) is 28.1 Å². The number of aromatic nitrogens is 2. The summed E-state index contributed by atoms with van der Waals surface area (Å²) < 4.78 is 42.4. The minimum Gasteiger partial charge on any atom is -0.405 e. The van der Waals surface area contributed by atoms with Crippen molar-refractivity contribution in [2.45, 2.75) is 6.36 Å². The van der Waals surface area contributed by atoms with Crippen LogP contribution in [0.1, 0.15) is 10.6 Å². The lowest BCUT2D eigenvalue weighted by Gasteiger charge is -2.14. The average Bonchev–Trinajstić information content (AvgIpc) is 2.73. The fourth-order valence-corrected chi connectivity index (χ4v) is 2.87. The summed E-state index contributed by atoms with van der Waals surface area (Å²) >= 11 is 0. The molecule has 1 N–H and O–H groups in total. The summed E-state index contributed by atoms with van der Waals surface area (Å²) in [6, 6.07) is 14.4. The topological polar surface area (TPSA) is 67.4 Å². The van der Waals surface area contributed by atoms with Gasteiger partial charge in [-0.05, 0) is 37.9 Å². The molecule has 2 aromatic carbocycles. The van der Waals surface area contributed by atoms with Gasteiger partial charge in [0.2, 0.25) is 5.82 Å². The van der Waals surface area contributed by atoms with Crippen molar-refractivity contribution in [3.63, 3.8) is 0 Å². The summed E-state index contributed by atoms with van der Waals surface area (Å²) in [5.41, 5.74) is 1.92. The first-order chi connectivity index (χ1) is 14.7. The molecule has 1 aromatic heterocycles. The number of halogens is 3. The van der Waals surface area contributed by atoms with E-state index >= 15 is 0 Å². The molecule has 1 amide bonds. The zero-order valence-corrected chi connectivity index (χ0v) is 17.0. The number of nitrogens with zero attached hydrogens (tertiary/aromatic N) is 3. The summed E-state index contributed by atoms with van der Waals surface area (Å²) in [6.07, 6.45) is -3.33. The van der Waals surface area contributed by atoms with Crippen molar-refractivity contribution >= 4 is 5.91 Å². The van der Waals surface area contributed by atoms with Crippen LogP contribution in [-0.2, 0) is 0 Å². The lowest BCUT2D eigenvalue weighted by molar-refractivity contribution is -0.274. The number of hydrogen-bond acceptors (Lipinski definition) is 5. The number of benzene rings is 2. The van der Waals surface area contributed by atoms with E-state index in [2.05, 4.69) is 20.0 Å². The van der Waals surface area contributed by atoms with Crippen LogP contribution in [0.2, 0.25) is 0 Å². The van der Waals surface area contributed by atoms with Crippen LogP contribution in [0.5, 0.6) is 5.75 Å². The molecule has 0 saturated carbocycles. The van der Waals surface area contributed by atoms with Gasteiger partial charge in [-0.15, -0.1) is 13.2 Å². The van der Waals surface area contributed by atoms with Gasteiger partial charge >= 0.3 is 6.36 Å². The molecule has 0 aliphatic rings. The van der Waals surface area contributed by atoms with E-state index in [-0.39, 0.29) is 17.1 Å². The number of hydrogen-bond donors (Lipinski definition) is 1. The predicted molar refractivity (Wildman–Crippen MR) is 110 cm³/mol. The van der Waals surface area contributed by atoms with Gasteiger partial charge in [-0.3, -0.25) is 4.79 Å². The number of carbonyl (C=O) groups excluding carboxylic acids is 1. The average molecular weight is 430 g/mol. The molecule has 3 aromatic rings. The van der Waals surface area contributed by atoms with Gasteiger partial charge in [0, 0.05) is 30.4 Å². The molecule has 0 saturated heterocycles. The molecular formula is C22H21F3N4O2. The Labute approximate surface area is 177 Å². The Hall–Kier alpha value is -3.46. The molecule has 0 spiro atoms. The van der Waals surface area contributed by atoms with E-state index in [1.807, 2.05) is 19.0 Å². The quantitative estimate of drug-likeness (QED) is 0.614. The monoisotopic (exact) mass is 430 g/mol. The second-order valence-electron chi connectivity index (χ2n) is 6.95. The van der Waals surface area contributed by atoms with E-state index in [0.717, 1.165) is 0 Å². The van der Waals surface area contributed by atoms with Gasteiger partial charge < -0.3 is 15.0 Å². The standard InChI is InChI=1S/C22H21F3N4O2/c1-29(2)13-12-27-21(30)20-26-11-10-18(28-20)16-7-5-6-15(14-16)17-8-3-4-9-19(17)31-22(23,24)25/h3-11,14H,12-13H2,1-2H3,(H,27,30). The minimum absolute atomic E-state index is 0.0162. The van der Waals surface area contributed by atoms with Gasteiger partial charge in [-0.25, -0.2) is 9.97 Å². The van der Waals surface area contributed by atoms with E-state index in [1.54, 1.807) is 42.5 Å². The molecule has 9 heteroatoms. The summed E-state index contributed by atoms with van der Waals surface area (Å²) in [5.74, 6) is -0.679.